The van der Waals surface area contributed by atoms with Crippen LogP contribution in [0.3, 0.4) is 0 Å². The maximum absolute atomic E-state index is 12.1. The molecule has 0 heterocycles. The van der Waals surface area contributed by atoms with Crippen molar-refractivity contribution in [2.24, 2.45) is 0 Å². The van der Waals surface area contributed by atoms with Crippen LogP contribution >= 0.6 is 0 Å². The third kappa shape index (κ3) is 5.06. The van der Waals surface area contributed by atoms with Crippen LogP contribution in [0.15, 0.2) is 29.2 Å². The van der Waals surface area contributed by atoms with Crippen molar-refractivity contribution in [3.8, 4) is 0 Å². The zero-order valence-electron chi connectivity index (χ0n) is 13.1. The number of carbonyl (C=O) groups is 1. The lowest BCUT2D eigenvalue weighted by molar-refractivity contribution is -0.117. The van der Waals surface area contributed by atoms with Gasteiger partial charge in [0.15, 0.2) is 0 Å². The number of sulfonamides is 1. The van der Waals surface area contributed by atoms with Gasteiger partial charge in [-0.1, -0.05) is 13.0 Å². The van der Waals surface area contributed by atoms with Gasteiger partial charge >= 0.3 is 0 Å². The van der Waals surface area contributed by atoms with Crippen LogP contribution in [0, 0.1) is 0 Å². The Labute approximate surface area is 131 Å². The summed E-state index contributed by atoms with van der Waals surface area (Å²) < 4.78 is 25.2. The second-order valence-electron chi connectivity index (χ2n) is 4.96. The number of likely N-dealkylation sites (N-methyl/N-ethyl adjacent to an activating group) is 1. The third-order valence-electron chi connectivity index (χ3n) is 3.13. The lowest BCUT2D eigenvalue weighted by Crippen LogP contribution is -2.35. The average Bonchev–Trinajstić information content (AvgIpc) is 2.46. The second kappa shape index (κ2) is 8.23. The van der Waals surface area contributed by atoms with E-state index in [1.54, 1.807) is 17.0 Å². The molecule has 2 N–H and O–H groups in total. The number of aliphatic hydroxyl groups is 1. The molecule has 1 rings (SSSR count). The van der Waals surface area contributed by atoms with Crippen molar-refractivity contribution in [3.05, 3.63) is 24.3 Å². The molecule has 124 valence electrons. The molecule has 0 saturated carbocycles. The highest BCUT2D eigenvalue weighted by atomic mass is 32.2. The minimum Gasteiger partial charge on any atom is -0.395 e. The largest absolute Gasteiger partial charge is 0.395 e. The summed E-state index contributed by atoms with van der Waals surface area (Å²) in [6, 6.07) is 6.12. The van der Waals surface area contributed by atoms with E-state index in [4.69, 9.17) is 5.11 Å². The van der Waals surface area contributed by atoms with Gasteiger partial charge in [-0.05, 0) is 24.7 Å². The fraction of sp³-hybridized carbons (Fsp3) is 0.500. The van der Waals surface area contributed by atoms with Crippen LogP contribution in [0.4, 0.5) is 5.69 Å². The molecule has 0 aliphatic rings. The summed E-state index contributed by atoms with van der Waals surface area (Å²) in [5.41, 5.74) is 0.424. The second-order valence-corrected chi connectivity index (χ2v) is 7.11. The van der Waals surface area contributed by atoms with E-state index in [9.17, 15) is 13.2 Å². The highest BCUT2D eigenvalue weighted by Gasteiger charge is 2.17. The standard InChI is InChI=1S/C14H23N3O4S/c1-4-17(8-9-18)11-14(19)15-12-6-5-7-13(10-12)22(20,21)16(2)3/h5-7,10,18H,4,8-9,11H2,1-3H3,(H,15,19). The lowest BCUT2D eigenvalue weighted by Gasteiger charge is -2.18. The van der Waals surface area contributed by atoms with Crippen LogP contribution in [0.1, 0.15) is 6.92 Å². The highest BCUT2D eigenvalue weighted by Crippen LogP contribution is 2.17. The fourth-order valence-electron chi connectivity index (χ4n) is 1.84. The molecule has 1 amide bonds. The van der Waals surface area contributed by atoms with Gasteiger partial charge in [0, 0.05) is 26.3 Å². The quantitative estimate of drug-likeness (QED) is 0.710. The molecule has 0 saturated heterocycles. The van der Waals surface area contributed by atoms with Gasteiger partial charge in [0.05, 0.1) is 18.0 Å². The van der Waals surface area contributed by atoms with Gasteiger partial charge in [-0.15, -0.1) is 0 Å². The molecule has 0 fully saturated rings. The minimum atomic E-state index is -3.53. The van der Waals surface area contributed by atoms with E-state index in [1.807, 2.05) is 6.92 Å². The van der Waals surface area contributed by atoms with E-state index < -0.39 is 10.0 Å². The zero-order valence-corrected chi connectivity index (χ0v) is 13.9. The topological polar surface area (TPSA) is 90.0 Å². The number of nitrogens with zero attached hydrogens (tertiary/aromatic N) is 2. The highest BCUT2D eigenvalue weighted by molar-refractivity contribution is 7.89. The van der Waals surface area contributed by atoms with Crippen molar-refractivity contribution in [2.75, 3.05) is 45.7 Å². The van der Waals surface area contributed by atoms with Crippen molar-refractivity contribution in [1.82, 2.24) is 9.21 Å². The molecule has 0 bridgehead atoms. The van der Waals surface area contributed by atoms with Crippen LogP contribution in [0.25, 0.3) is 0 Å². The van der Waals surface area contributed by atoms with E-state index in [1.165, 1.54) is 26.2 Å². The fourth-order valence-corrected chi connectivity index (χ4v) is 2.79. The van der Waals surface area contributed by atoms with Crippen LogP contribution in [0.5, 0.6) is 0 Å². The Bertz CT molecular complexity index is 602. The van der Waals surface area contributed by atoms with E-state index in [0.717, 1.165) is 4.31 Å². The minimum absolute atomic E-state index is 0.0162. The molecule has 0 unspecified atom stereocenters. The van der Waals surface area contributed by atoms with Crippen molar-refractivity contribution in [2.45, 2.75) is 11.8 Å². The summed E-state index contributed by atoms with van der Waals surface area (Å²) in [7, 11) is -0.627. The molecule has 0 aromatic heterocycles. The first-order valence-corrected chi connectivity index (χ1v) is 8.41. The number of anilines is 1. The number of amides is 1. The van der Waals surface area contributed by atoms with Gasteiger partial charge in [-0.25, -0.2) is 12.7 Å². The molecule has 0 radical (unpaired) electrons. The Kier molecular flexibility index (Phi) is 6.95. The molecule has 0 spiro atoms. The molecule has 7 nitrogen and oxygen atoms in total. The molecule has 0 aliphatic carbocycles. The van der Waals surface area contributed by atoms with Crippen molar-refractivity contribution < 1.29 is 18.3 Å². The van der Waals surface area contributed by atoms with E-state index >= 15 is 0 Å². The molecular weight excluding hydrogens is 306 g/mol. The Hall–Kier alpha value is -1.48. The summed E-state index contributed by atoms with van der Waals surface area (Å²) in [5, 5.41) is 11.6. The SMILES string of the molecule is CCN(CCO)CC(=O)Nc1cccc(S(=O)(=O)N(C)C)c1. The molecule has 0 atom stereocenters. The van der Waals surface area contributed by atoms with Crippen LogP contribution in [0.2, 0.25) is 0 Å². The van der Waals surface area contributed by atoms with Crippen molar-refractivity contribution >= 4 is 21.6 Å². The average molecular weight is 329 g/mol. The van der Waals surface area contributed by atoms with Crippen LogP contribution in [-0.4, -0.2) is 69.0 Å². The van der Waals surface area contributed by atoms with Gasteiger partial charge in [-0.2, -0.15) is 0 Å². The predicted octanol–water partition coefficient (Wildman–Crippen LogP) is 0.190. The van der Waals surface area contributed by atoms with Crippen molar-refractivity contribution in [1.29, 1.82) is 0 Å². The summed E-state index contributed by atoms with van der Waals surface area (Å²) in [5.74, 6) is -0.255. The molecular formula is C14H23N3O4S. The Morgan fingerprint density at radius 2 is 2.00 bits per heavy atom. The summed E-state index contributed by atoms with van der Waals surface area (Å²) in [4.78, 5) is 13.9. The molecule has 8 heteroatoms. The molecule has 22 heavy (non-hydrogen) atoms. The Morgan fingerprint density at radius 3 is 2.55 bits per heavy atom. The lowest BCUT2D eigenvalue weighted by atomic mass is 10.3. The zero-order chi connectivity index (χ0) is 16.8. The normalized spacial score (nSPS) is 11.9. The summed E-state index contributed by atoms with van der Waals surface area (Å²) in [6.45, 7) is 3.08. The number of nitrogens with one attached hydrogen (secondary N) is 1. The van der Waals surface area contributed by atoms with Gasteiger partial charge in [0.25, 0.3) is 0 Å². The number of rotatable bonds is 8. The van der Waals surface area contributed by atoms with E-state index in [-0.39, 0.29) is 24.0 Å². The Balaban J connectivity index is 2.81. The van der Waals surface area contributed by atoms with E-state index in [2.05, 4.69) is 5.32 Å². The number of hydrogen-bond acceptors (Lipinski definition) is 5. The first kappa shape index (κ1) is 18.6. The maximum Gasteiger partial charge on any atom is 0.242 e. The van der Waals surface area contributed by atoms with Crippen LogP contribution < -0.4 is 5.32 Å². The summed E-state index contributed by atoms with van der Waals surface area (Å²) >= 11 is 0. The number of aliphatic hydroxyl groups excluding tert-OH is 1. The maximum atomic E-state index is 12.1. The van der Waals surface area contributed by atoms with Crippen LogP contribution in [-0.2, 0) is 14.8 Å². The van der Waals surface area contributed by atoms with Gasteiger partial charge in [0.2, 0.25) is 15.9 Å². The third-order valence-corrected chi connectivity index (χ3v) is 4.94. The van der Waals surface area contributed by atoms with Gasteiger partial charge in [0.1, 0.15) is 0 Å². The predicted molar refractivity (Wildman–Crippen MR) is 85.1 cm³/mol. The van der Waals surface area contributed by atoms with Gasteiger partial charge < -0.3 is 10.4 Å². The number of benzene rings is 1. The van der Waals surface area contributed by atoms with Gasteiger partial charge in [-0.3, -0.25) is 9.69 Å². The Morgan fingerprint density at radius 1 is 1.32 bits per heavy atom. The smallest absolute Gasteiger partial charge is 0.242 e. The monoisotopic (exact) mass is 329 g/mol. The summed E-state index contributed by atoms with van der Waals surface area (Å²) in [6.07, 6.45) is 0. The molecule has 1 aromatic rings. The van der Waals surface area contributed by atoms with Crippen molar-refractivity contribution in [3.63, 3.8) is 0 Å². The first-order chi connectivity index (χ1) is 10.3. The van der Waals surface area contributed by atoms with E-state index in [0.29, 0.717) is 18.8 Å². The molecule has 1 aromatic carbocycles. The number of hydrogen-bond donors (Lipinski definition) is 2. The first-order valence-electron chi connectivity index (χ1n) is 6.97. The number of carbonyl (C=O) groups excluding carboxylic acids is 1. The molecule has 0 aliphatic heterocycles.